The second-order valence-electron chi connectivity index (χ2n) is 12.0. The van der Waals surface area contributed by atoms with Crippen molar-refractivity contribution in [2.24, 2.45) is 0 Å². The van der Waals surface area contributed by atoms with Gasteiger partial charge in [0, 0.05) is 36.6 Å². The van der Waals surface area contributed by atoms with Crippen molar-refractivity contribution in [3.05, 3.63) is 94.0 Å². The van der Waals surface area contributed by atoms with E-state index in [1.54, 1.807) is 12.1 Å². The smallest absolute Gasteiger partial charge is 0.335 e. The van der Waals surface area contributed by atoms with E-state index in [9.17, 15) is 14.7 Å². The number of hydrogen-bond acceptors (Lipinski definition) is 5. The molecule has 1 aliphatic carbocycles. The first kappa shape index (κ1) is 28.9. The highest BCUT2D eigenvalue weighted by Crippen LogP contribution is 2.49. The van der Waals surface area contributed by atoms with Crippen LogP contribution in [0.5, 0.6) is 0 Å². The van der Waals surface area contributed by atoms with Crippen molar-refractivity contribution in [3.8, 4) is 11.8 Å². The van der Waals surface area contributed by atoms with Crippen LogP contribution in [0.15, 0.2) is 60.7 Å². The van der Waals surface area contributed by atoms with Gasteiger partial charge in [0.2, 0.25) is 0 Å². The maximum absolute atomic E-state index is 13.1. The predicted octanol–water partition coefficient (Wildman–Crippen LogP) is 6.18. The van der Waals surface area contributed by atoms with E-state index in [1.807, 2.05) is 49.3 Å². The van der Waals surface area contributed by atoms with Crippen molar-refractivity contribution in [2.75, 3.05) is 30.9 Å². The number of nitrogens with zero attached hydrogens (tertiary/aromatic N) is 1. The number of aliphatic hydroxyl groups excluding tert-OH is 1. The average molecular weight is 539 g/mol. The van der Waals surface area contributed by atoms with Crippen molar-refractivity contribution >= 4 is 23.1 Å². The molecule has 0 heterocycles. The Balaban J connectivity index is 1.67. The minimum atomic E-state index is -1.06. The summed E-state index contributed by atoms with van der Waals surface area (Å²) in [5.74, 6) is 4.86. The standard InChI is InChI=1S/C34H38N2O4/c1-33(2)17-18-34(3,4)31-27(33)19-25(29(37)16-9-22-7-10-24(11-8-22)32(39)40)20-28(31)35-21-30(38)23-12-14-26(15-13-23)36(5)6/h7-8,10-15,19-20,29,35,37H,17-18,21H2,1-6H3,(H,39,40). The van der Waals surface area contributed by atoms with Crippen LogP contribution in [0, 0.1) is 11.8 Å². The maximum Gasteiger partial charge on any atom is 0.335 e. The normalized spacial score (nSPS) is 15.7. The molecule has 3 aromatic carbocycles. The molecule has 208 valence electrons. The molecule has 6 heteroatoms. The third kappa shape index (κ3) is 6.21. The number of carboxylic acids is 1. The lowest BCUT2D eigenvalue weighted by atomic mass is 9.62. The first-order chi connectivity index (χ1) is 18.8. The Morgan fingerprint density at radius 2 is 1.52 bits per heavy atom. The second kappa shape index (κ2) is 11.2. The lowest BCUT2D eigenvalue weighted by Crippen LogP contribution is -2.35. The van der Waals surface area contributed by atoms with Crippen molar-refractivity contribution in [3.63, 3.8) is 0 Å². The van der Waals surface area contributed by atoms with Crippen molar-refractivity contribution < 1.29 is 19.8 Å². The zero-order chi connectivity index (χ0) is 29.2. The highest BCUT2D eigenvalue weighted by Gasteiger charge is 2.39. The molecule has 0 aromatic heterocycles. The van der Waals surface area contributed by atoms with Crippen LogP contribution in [0.2, 0.25) is 0 Å². The Bertz CT molecular complexity index is 1470. The zero-order valence-electron chi connectivity index (χ0n) is 24.1. The molecule has 3 N–H and O–H groups in total. The number of ketones is 1. The number of rotatable bonds is 7. The number of nitrogens with one attached hydrogen (secondary N) is 1. The molecule has 40 heavy (non-hydrogen) atoms. The van der Waals surface area contributed by atoms with Crippen LogP contribution >= 0.6 is 0 Å². The summed E-state index contributed by atoms with van der Waals surface area (Å²) in [6, 6.07) is 17.8. The van der Waals surface area contributed by atoms with Crippen LogP contribution in [-0.4, -0.2) is 42.6 Å². The SMILES string of the molecule is CN(C)c1ccc(C(=O)CNc2cc(C(O)C#Cc3ccc(C(=O)O)cc3)cc3c2C(C)(C)CCC3(C)C)cc1. The summed E-state index contributed by atoms with van der Waals surface area (Å²) < 4.78 is 0. The molecule has 0 saturated heterocycles. The molecule has 1 unspecified atom stereocenters. The number of Topliss-reactive ketones (excluding diaryl/α,β-unsaturated/α-hetero) is 1. The van der Waals surface area contributed by atoms with Gasteiger partial charge >= 0.3 is 5.97 Å². The van der Waals surface area contributed by atoms with E-state index >= 15 is 0 Å². The molecule has 0 bridgehead atoms. The van der Waals surface area contributed by atoms with E-state index in [2.05, 4.69) is 50.9 Å². The van der Waals surface area contributed by atoms with E-state index in [4.69, 9.17) is 5.11 Å². The lowest BCUT2D eigenvalue weighted by Gasteiger charge is -2.43. The Morgan fingerprint density at radius 3 is 2.12 bits per heavy atom. The van der Waals surface area contributed by atoms with Crippen LogP contribution in [0.25, 0.3) is 0 Å². The largest absolute Gasteiger partial charge is 0.478 e. The van der Waals surface area contributed by atoms with Gasteiger partial charge in [0.15, 0.2) is 5.78 Å². The third-order valence-corrected chi connectivity index (χ3v) is 7.89. The fourth-order valence-electron chi connectivity index (χ4n) is 5.26. The predicted molar refractivity (Wildman–Crippen MR) is 161 cm³/mol. The van der Waals surface area contributed by atoms with Gasteiger partial charge in [-0.05, 0) is 95.0 Å². The van der Waals surface area contributed by atoms with E-state index < -0.39 is 12.1 Å². The molecule has 1 aliphatic rings. The Kier molecular flexibility index (Phi) is 8.09. The molecule has 0 spiro atoms. The van der Waals surface area contributed by atoms with Gasteiger partial charge in [0.25, 0.3) is 0 Å². The van der Waals surface area contributed by atoms with E-state index in [0.29, 0.717) is 16.7 Å². The molecular weight excluding hydrogens is 500 g/mol. The quantitative estimate of drug-likeness (QED) is 0.246. The topological polar surface area (TPSA) is 89.9 Å². The van der Waals surface area contributed by atoms with Crippen LogP contribution < -0.4 is 10.2 Å². The van der Waals surface area contributed by atoms with Gasteiger partial charge in [-0.3, -0.25) is 4.79 Å². The van der Waals surface area contributed by atoms with E-state index in [0.717, 1.165) is 29.8 Å². The summed E-state index contributed by atoms with van der Waals surface area (Å²) >= 11 is 0. The fraction of sp³-hybridized carbons (Fsp3) is 0.353. The minimum absolute atomic E-state index is 0.0116. The molecule has 0 saturated carbocycles. The van der Waals surface area contributed by atoms with Crippen LogP contribution in [0.1, 0.15) is 89.6 Å². The number of carboxylic acid groups (broad SMARTS) is 1. The summed E-state index contributed by atoms with van der Waals surface area (Å²) in [5.41, 5.74) is 6.09. The molecule has 3 aromatic rings. The van der Waals surface area contributed by atoms with Gasteiger partial charge in [-0.1, -0.05) is 45.6 Å². The van der Waals surface area contributed by atoms with Crippen molar-refractivity contribution in [1.82, 2.24) is 0 Å². The number of fused-ring (bicyclic) bond motifs is 1. The maximum atomic E-state index is 13.1. The monoisotopic (exact) mass is 538 g/mol. The average Bonchev–Trinajstić information content (AvgIpc) is 2.92. The Hall–Kier alpha value is -4.08. The summed E-state index contributed by atoms with van der Waals surface area (Å²) in [6.07, 6.45) is 0.959. The number of carbonyl (C=O) groups is 2. The fourth-order valence-corrected chi connectivity index (χ4v) is 5.26. The highest BCUT2D eigenvalue weighted by atomic mass is 16.4. The van der Waals surface area contributed by atoms with Crippen LogP contribution in [-0.2, 0) is 10.8 Å². The Labute approximate surface area is 237 Å². The summed E-state index contributed by atoms with van der Waals surface area (Å²) in [5, 5.41) is 23.6. The molecule has 1 atom stereocenters. The Morgan fingerprint density at radius 1 is 0.925 bits per heavy atom. The first-order valence-electron chi connectivity index (χ1n) is 13.5. The van der Waals surface area contributed by atoms with Gasteiger partial charge in [-0.15, -0.1) is 0 Å². The molecule has 0 radical (unpaired) electrons. The van der Waals surface area contributed by atoms with Gasteiger partial charge in [0.1, 0.15) is 6.10 Å². The van der Waals surface area contributed by atoms with Crippen molar-refractivity contribution in [2.45, 2.75) is 57.5 Å². The molecule has 0 aliphatic heterocycles. The highest BCUT2D eigenvalue weighted by molar-refractivity contribution is 5.99. The van der Waals surface area contributed by atoms with Crippen LogP contribution in [0.3, 0.4) is 0 Å². The molecular formula is C34H38N2O4. The number of carbonyl (C=O) groups excluding carboxylic acids is 1. The van der Waals surface area contributed by atoms with Gasteiger partial charge in [-0.25, -0.2) is 4.79 Å². The third-order valence-electron chi connectivity index (χ3n) is 7.89. The number of hydrogen-bond donors (Lipinski definition) is 3. The van der Waals surface area contributed by atoms with Gasteiger partial charge < -0.3 is 20.4 Å². The van der Waals surface area contributed by atoms with Gasteiger partial charge in [0.05, 0.1) is 12.1 Å². The molecule has 0 amide bonds. The number of anilines is 2. The van der Waals surface area contributed by atoms with E-state index in [1.165, 1.54) is 17.7 Å². The second-order valence-corrected chi connectivity index (χ2v) is 12.0. The minimum Gasteiger partial charge on any atom is -0.478 e. The summed E-state index contributed by atoms with van der Waals surface area (Å²) in [6.45, 7) is 9.02. The number of aliphatic hydroxyl groups is 1. The summed E-state index contributed by atoms with van der Waals surface area (Å²) in [4.78, 5) is 26.2. The molecule has 4 rings (SSSR count). The molecule has 6 nitrogen and oxygen atoms in total. The van der Waals surface area contributed by atoms with Crippen LogP contribution in [0.4, 0.5) is 11.4 Å². The number of aromatic carboxylic acids is 1. The molecule has 0 fully saturated rings. The first-order valence-corrected chi connectivity index (χ1v) is 13.5. The van der Waals surface area contributed by atoms with E-state index in [-0.39, 0.29) is 28.7 Å². The lowest BCUT2D eigenvalue weighted by molar-refractivity contribution is 0.0696. The zero-order valence-corrected chi connectivity index (χ0v) is 24.1. The van der Waals surface area contributed by atoms with Gasteiger partial charge in [-0.2, -0.15) is 0 Å². The van der Waals surface area contributed by atoms with Crippen molar-refractivity contribution in [1.29, 1.82) is 0 Å². The summed E-state index contributed by atoms with van der Waals surface area (Å²) in [7, 11) is 3.93. The number of benzene rings is 3.